The first-order valence-corrected chi connectivity index (χ1v) is 8.48. The van der Waals surface area contributed by atoms with Gasteiger partial charge in [-0.15, -0.1) is 0 Å². The largest absolute Gasteiger partial charge is 0.493 e. The molecule has 1 N–H and O–H groups in total. The number of rotatable bonds is 5. The highest BCUT2D eigenvalue weighted by Crippen LogP contribution is 2.34. The van der Waals surface area contributed by atoms with Crippen LogP contribution in [0.3, 0.4) is 0 Å². The Balaban J connectivity index is 1.93. The van der Waals surface area contributed by atoms with Crippen LogP contribution >= 0.6 is 0 Å². The molecule has 146 valence electrons. The Kier molecular flexibility index (Phi) is 5.39. The molecule has 3 rings (SSSR count). The highest BCUT2D eigenvalue weighted by Gasteiger charge is 2.33. The molecule has 2 aromatic carbocycles. The summed E-state index contributed by atoms with van der Waals surface area (Å²) in [4.78, 5) is 24.6. The summed E-state index contributed by atoms with van der Waals surface area (Å²) in [5.41, 5.74) is -2.59. The van der Waals surface area contributed by atoms with Crippen molar-refractivity contribution in [1.29, 1.82) is 0 Å². The molecule has 0 aliphatic heterocycles. The summed E-state index contributed by atoms with van der Waals surface area (Å²) in [6.45, 7) is 2.44. The van der Waals surface area contributed by atoms with Crippen molar-refractivity contribution in [3.05, 3.63) is 70.1 Å². The zero-order valence-corrected chi connectivity index (χ0v) is 14.8. The zero-order valence-electron chi connectivity index (χ0n) is 14.8. The number of ether oxygens (including phenoxy) is 1. The summed E-state index contributed by atoms with van der Waals surface area (Å²) in [5, 5.41) is 2.58. The second-order valence-electron chi connectivity index (χ2n) is 5.99. The summed E-state index contributed by atoms with van der Waals surface area (Å²) < 4.78 is 49.8. The molecule has 3 aromatic rings. The molecular weight excluding hydrogens is 375 g/mol. The van der Waals surface area contributed by atoms with Crippen LogP contribution in [0.1, 0.15) is 29.3 Å². The van der Waals surface area contributed by atoms with Gasteiger partial charge in [-0.05, 0) is 36.8 Å². The van der Waals surface area contributed by atoms with Crippen LogP contribution in [0.5, 0.6) is 5.75 Å². The van der Waals surface area contributed by atoms with Gasteiger partial charge in [0.25, 0.3) is 5.91 Å². The molecule has 0 saturated heterocycles. The number of carbonyl (C=O) groups excluding carboxylic acids is 1. The molecule has 0 saturated carbocycles. The van der Waals surface area contributed by atoms with Gasteiger partial charge < -0.3 is 14.5 Å². The summed E-state index contributed by atoms with van der Waals surface area (Å²) in [6.07, 6.45) is -3.84. The normalized spacial score (nSPS) is 11.4. The van der Waals surface area contributed by atoms with Gasteiger partial charge in [0.1, 0.15) is 16.9 Å². The molecule has 0 radical (unpaired) electrons. The van der Waals surface area contributed by atoms with Crippen LogP contribution in [-0.4, -0.2) is 12.5 Å². The maximum absolute atomic E-state index is 13.1. The third-order valence-electron chi connectivity index (χ3n) is 3.91. The molecule has 0 aliphatic rings. The van der Waals surface area contributed by atoms with Crippen LogP contribution in [0.25, 0.3) is 11.0 Å². The molecule has 28 heavy (non-hydrogen) atoms. The standard InChI is InChI=1S/C20H16F3NO4/c1-2-9-27-13-8-7-12-10-14(19(26)28-17(12)11-13)18(25)24-16-6-4-3-5-15(16)20(21,22)23/h3-8,10-11H,2,9H2,1H3,(H,24,25). The van der Waals surface area contributed by atoms with Gasteiger partial charge >= 0.3 is 11.8 Å². The van der Waals surface area contributed by atoms with Crippen LogP contribution in [0.2, 0.25) is 0 Å². The number of hydrogen-bond donors (Lipinski definition) is 1. The quantitative estimate of drug-likeness (QED) is 0.631. The van der Waals surface area contributed by atoms with Crippen LogP contribution in [0.15, 0.2) is 57.7 Å². The highest BCUT2D eigenvalue weighted by molar-refractivity contribution is 6.05. The molecule has 1 aromatic heterocycles. The van der Waals surface area contributed by atoms with Gasteiger partial charge in [-0.3, -0.25) is 4.79 Å². The minimum atomic E-state index is -4.65. The molecule has 0 fully saturated rings. The van der Waals surface area contributed by atoms with Crippen molar-refractivity contribution in [3.8, 4) is 5.75 Å². The summed E-state index contributed by atoms with van der Waals surface area (Å²) >= 11 is 0. The molecule has 0 aliphatic carbocycles. The molecule has 0 bridgehead atoms. The van der Waals surface area contributed by atoms with Gasteiger partial charge in [-0.25, -0.2) is 4.79 Å². The number of hydrogen-bond acceptors (Lipinski definition) is 4. The monoisotopic (exact) mass is 391 g/mol. The van der Waals surface area contributed by atoms with Gasteiger partial charge in [0.15, 0.2) is 0 Å². The number of fused-ring (bicyclic) bond motifs is 1. The van der Waals surface area contributed by atoms with E-state index in [-0.39, 0.29) is 5.58 Å². The van der Waals surface area contributed by atoms with E-state index < -0.39 is 34.5 Å². The van der Waals surface area contributed by atoms with Gasteiger partial charge in [0, 0.05) is 11.5 Å². The first-order chi connectivity index (χ1) is 13.3. The van der Waals surface area contributed by atoms with Crippen LogP contribution in [-0.2, 0) is 6.18 Å². The van der Waals surface area contributed by atoms with Crippen molar-refractivity contribution in [2.24, 2.45) is 0 Å². The fraction of sp³-hybridized carbons (Fsp3) is 0.200. The third kappa shape index (κ3) is 4.16. The molecule has 0 atom stereocenters. The number of alkyl halides is 3. The summed E-state index contributed by atoms with van der Waals surface area (Å²) in [6, 6.07) is 10.6. The lowest BCUT2D eigenvalue weighted by Gasteiger charge is -2.13. The van der Waals surface area contributed by atoms with E-state index in [0.29, 0.717) is 17.7 Å². The van der Waals surface area contributed by atoms with Crippen LogP contribution in [0.4, 0.5) is 18.9 Å². The van der Waals surface area contributed by atoms with Crippen LogP contribution < -0.4 is 15.7 Å². The number of halogens is 3. The van der Waals surface area contributed by atoms with Crippen molar-refractivity contribution in [2.45, 2.75) is 19.5 Å². The van der Waals surface area contributed by atoms with E-state index in [1.54, 1.807) is 12.1 Å². The Labute approximate surface area is 157 Å². The van der Waals surface area contributed by atoms with Gasteiger partial charge in [-0.1, -0.05) is 19.1 Å². The Morgan fingerprint density at radius 2 is 1.89 bits per heavy atom. The smallest absolute Gasteiger partial charge is 0.418 e. The Morgan fingerprint density at radius 1 is 1.14 bits per heavy atom. The van der Waals surface area contributed by atoms with E-state index in [4.69, 9.17) is 9.15 Å². The third-order valence-corrected chi connectivity index (χ3v) is 3.91. The molecule has 0 spiro atoms. The fourth-order valence-corrected chi connectivity index (χ4v) is 2.59. The highest BCUT2D eigenvalue weighted by atomic mass is 19.4. The maximum Gasteiger partial charge on any atom is 0.418 e. The predicted octanol–water partition coefficient (Wildman–Crippen LogP) is 4.85. The molecule has 0 unspecified atom stereocenters. The van der Waals surface area contributed by atoms with E-state index >= 15 is 0 Å². The van der Waals surface area contributed by atoms with E-state index in [2.05, 4.69) is 5.32 Å². The number of carbonyl (C=O) groups is 1. The van der Waals surface area contributed by atoms with Crippen molar-refractivity contribution in [1.82, 2.24) is 0 Å². The number of anilines is 1. The predicted molar refractivity (Wildman–Crippen MR) is 97.7 cm³/mol. The summed E-state index contributed by atoms with van der Waals surface area (Å²) in [7, 11) is 0. The minimum absolute atomic E-state index is 0.214. The average molecular weight is 391 g/mol. The number of para-hydroxylation sites is 1. The molecule has 5 nitrogen and oxygen atoms in total. The topological polar surface area (TPSA) is 68.5 Å². The Morgan fingerprint density at radius 3 is 2.61 bits per heavy atom. The second-order valence-corrected chi connectivity index (χ2v) is 5.99. The SMILES string of the molecule is CCCOc1ccc2cc(C(=O)Nc3ccccc3C(F)(F)F)c(=O)oc2c1. The molecule has 8 heteroatoms. The van der Waals surface area contributed by atoms with E-state index in [0.717, 1.165) is 18.6 Å². The van der Waals surface area contributed by atoms with Gasteiger partial charge in [0.2, 0.25) is 0 Å². The molecular formula is C20H16F3NO4. The lowest BCUT2D eigenvalue weighted by atomic mass is 10.1. The Bertz CT molecular complexity index is 1070. The zero-order chi connectivity index (χ0) is 20.3. The lowest BCUT2D eigenvalue weighted by molar-refractivity contribution is -0.136. The number of nitrogens with one attached hydrogen (secondary N) is 1. The van der Waals surface area contributed by atoms with Crippen molar-refractivity contribution in [2.75, 3.05) is 11.9 Å². The lowest BCUT2D eigenvalue weighted by Crippen LogP contribution is -2.22. The van der Waals surface area contributed by atoms with Crippen molar-refractivity contribution >= 4 is 22.6 Å². The van der Waals surface area contributed by atoms with E-state index in [1.165, 1.54) is 24.3 Å². The first kappa shape index (κ1) is 19.5. The minimum Gasteiger partial charge on any atom is -0.493 e. The first-order valence-electron chi connectivity index (χ1n) is 8.48. The van der Waals surface area contributed by atoms with E-state index in [9.17, 15) is 22.8 Å². The van der Waals surface area contributed by atoms with Crippen molar-refractivity contribution in [3.63, 3.8) is 0 Å². The fourth-order valence-electron chi connectivity index (χ4n) is 2.59. The second kappa shape index (κ2) is 7.75. The summed E-state index contributed by atoms with van der Waals surface area (Å²) in [5.74, 6) is -0.479. The average Bonchev–Trinajstić information content (AvgIpc) is 2.65. The number of benzene rings is 2. The van der Waals surface area contributed by atoms with Crippen LogP contribution in [0, 0.1) is 0 Å². The Hall–Kier alpha value is -3.29. The van der Waals surface area contributed by atoms with Gasteiger partial charge in [-0.2, -0.15) is 13.2 Å². The number of amides is 1. The molecule has 1 amide bonds. The van der Waals surface area contributed by atoms with Gasteiger partial charge in [0.05, 0.1) is 17.9 Å². The van der Waals surface area contributed by atoms with E-state index in [1.807, 2.05) is 6.92 Å². The van der Waals surface area contributed by atoms with Crippen molar-refractivity contribution < 1.29 is 27.1 Å². The molecule has 1 heterocycles. The maximum atomic E-state index is 13.1.